The van der Waals surface area contributed by atoms with Crippen LogP contribution >= 0.6 is 0 Å². The third-order valence-corrected chi connectivity index (χ3v) is 3.63. The second-order valence-corrected chi connectivity index (χ2v) is 4.88. The Morgan fingerprint density at radius 1 is 1.26 bits per heavy atom. The Morgan fingerprint density at radius 3 is 2.53 bits per heavy atom. The second-order valence-electron chi connectivity index (χ2n) is 4.88. The number of amides is 1. The predicted molar refractivity (Wildman–Crippen MR) is 68.4 cm³/mol. The Bertz CT molecular complexity index is 459. The molecule has 1 aromatic rings. The third-order valence-electron chi connectivity index (χ3n) is 3.63. The van der Waals surface area contributed by atoms with E-state index in [1.807, 2.05) is 0 Å². The SMILES string of the molecule is Nc1ccc(C(=O)N2CCC3(CC2)OCCO3)nc1. The molecule has 0 unspecified atom stereocenters. The van der Waals surface area contributed by atoms with Gasteiger partial charge >= 0.3 is 0 Å². The van der Waals surface area contributed by atoms with Gasteiger partial charge in [-0.3, -0.25) is 4.79 Å². The fourth-order valence-corrected chi connectivity index (χ4v) is 2.53. The summed E-state index contributed by atoms with van der Waals surface area (Å²) in [6.07, 6.45) is 2.93. The van der Waals surface area contributed by atoms with Crippen molar-refractivity contribution in [3.63, 3.8) is 0 Å². The van der Waals surface area contributed by atoms with Crippen LogP contribution in [0.2, 0.25) is 0 Å². The molecule has 2 saturated heterocycles. The van der Waals surface area contributed by atoms with E-state index < -0.39 is 5.79 Å². The van der Waals surface area contributed by atoms with Crippen LogP contribution in [0.5, 0.6) is 0 Å². The van der Waals surface area contributed by atoms with Crippen molar-refractivity contribution in [3.8, 4) is 0 Å². The molecule has 19 heavy (non-hydrogen) atoms. The minimum atomic E-state index is -0.453. The zero-order valence-electron chi connectivity index (χ0n) is 10.7. The summed E-state index contributed by atoms with van der Waals surface area (Å²) in [5.74, 6) is -0.515. The minimum absolute atomic E-state index is 0.0622. The number of ether oxygens (including phenoxy) is 2. The van der Waals surface area contributed by atoms with Crippen molar-refractivity contribution in [2.45, 2.75) is 18.6 Å². The summed E-state index contributed by atoms with van der Waals surface area (Å²) in [5, 5.41) is 0. The molecule has 2 fully saturated rings. The number of piperidine rings is 1. The lowest BCUT2D eigenvalue weighted by molar-refractivity contribution is -0.181. The monoisotopic (exact) mass is 263 g/mol. The van der Waals surface area contributed by atoms with Crippen LogP contribution in [0.4, 0.5) is 5.69 Å². The third kappa shape index (κ3) is 2.41. The molecule has 2 aliphatic rings. The fourth-order valence-electron chi connectivity index (χ4n) is 2.53. The quantitative estimate of drug-likeness (QED) is 0.804. The molecule has 1 spiro atoms. The number of nitrogens with two attached hydrogens (primary N) is 1. The zero-order chi connectivity index (χ0) is 13.3. The highest BCUT2D eigenvalue weighted by Crippen LogP contribution is 2.31. The van der Waals surface area contributed by atoms with Gasteiger partial charge in [0.05, 0.1) is 25.1 Å². The average molecular weight is 263 g/mol. The van der Waals surface area contributed by atoms with E-state index in [4.69, 9.17) is 15.2 Å². The number of carbonyl (C=O) groups excluding carboxylic acids is 1. The van der Waals surface area contributed by atoms with Crippen LogP contribution in [-0.2, 0) is 9.47 Å². The Hall–Kier alpha value is -1.66. The number of anilines is 1. The van der Waals surface area contributed by atoms with Gasteiger partial charge in [-0.2, -0.15) is 0 Å². The Morgan fingerprint density at radius 2 is 1.95 bits per heavy atom. The molecule has 0 aromatic carbocycles. The maximum atomic E-state index is 12.3. The maximum Gasteiger partial charge on any atom is 0.272 e. The molecule has 1 aromatic heterocycles. The summed E-state index contributed by atoms with van der Waals surface area (Å²) in [7, 11) is 0. The number of carbonyl (C=O) groups is 1. The van der Waals surface area contributed by atoms with Crippen molar-refractivity contribution in [2.75, 3.05) is 32.0 Å². The summed E-state index contributed by atoms with van der Waals surface area (Å²) in [6, 6.07) is 3.35. The molecule has 2 N–H and O–H groups in total. The Kier molecular flexibility index (Phi) is 3.12. The molecule has 0 saturated carbocycles. The number of rotatable bonds is 1. The first-order chi connectivity index (χ1) is 9.19. The topological polar surface area (TPSA) is 77.7 Å². The van der Waals surface area contributed by atoms with E-state index in [2.05, 4.69) is 4.98 Å². The van der Waals surface area contributed by atoms with Gasteiger partial charge in [-0.15, -0.1) is 0 Å². The summed E-state index contributed by atoms with van der Waals surface area (Å²) < 4.78 is 11.3. The van der Waals surface area contributed by atoms with Gasteiger partial charge in [-0.25, -0.2) is 4.98 Å². The van der Waals surface area contributed by atoms with E-state index in [0.29, 0.717) is 50.5 Å². The lowest BCUT2D eigenvalue weighted by Crippen LogP contribution is -2.47. The number of aromatic nitrogens is 1. The van der Waals surface area contributed by atoms with Gasteiger partial charge in [0, 0.05) is 25.9 Å². The molecule has 3 rings (SSSR count). The van der Waals surface area contributed by atoms with Gasteiger partial charge in [0.15, 0.2) is 5.79 Å². The number of hydrogen-bond donors (Lipinski definition) is 1. The molecule has 0 atom stereocenters. The summed E-state index contributed by atoms with van der Waals surface area (Å²) >= 11 is 0. The number of pyridine rings is 1. The van der Waals surface area contributed by atoms with Crippen LogP contribution in [0.25, 0.3) is 0 Å². The molecule has 6 heteroatoms. The smallest absolute Gasteiger partial charge is 0.272 e. The van der Waals surface area contributed by atoms with E-state index >= 15 is 0 Å². The van der Waals surface area contributed by atoms with Crippen molar-refractivity contribution in [1.29, 1.82) is 0 Å². The largest absolute Gasteiger partial charge is 0.397 e. The van der Waals surface area contributed by atoms with Crippen molar-refractivity contribution >= 4 is 11.6 Å². The maximum absolute atomic E-state index is 12.3. The van der Waals surface area contributed by atoms with Crippen molar-refractivity contribution in [3.05, 3.63) is 24.0 Å². The first-order valence-corrected chi connectivity index (χ1v) is 6.47. The number of nitrogen functional groups attached to an aromatic ring is 1. The van der Waals surface area contributed by atoms with Crippen LogP contribution in [0.15, 0.2) is 18.3 Å². The molecular weight excluding hydrogens is 246 g/mol. The first kappa shape index (κ1) is 12.4. The minimum Gasteiger partial charge on any atom is -0.397 e. The Balaban J connectivity index is 1.64. The van der Waals surface area contributed by atoms with Crippen LogP contribution in [0.3, 0.4) is 0 Å². The van der Waals surface area contributed by atoms with Gasteiger partial charge in [-0.05, 0) is 12.1 Å². The number of likely N-dealkylation sites (tertiary alicyclic amines) is 1. The van der Waals surface area contributed by atoms with Crippen LogP contribution in [0.1, 0.15) is 23.3 Å². The van der Waals surface area contributed by atoms with E-state index in [-0.39, 0.29) is 5.91 Å². The van der Waals surface area contributed by atoms with Gasteiger partial charge in [0.25, 0.3) is 5.91 Å². The van der Waals surface area contributed by atoms with Crippen molar-refractivity contribution in [1.82, 2.24) is 9.88 Å². The molecule has 2 aliphatic heterocycles. The summed E-state index contributed by atoms with van der Waals surface area (Å²) in [5.41, 5.74) is 6.55. The van der Waals surface area contributed by atoms with Gasteiger partial charge < -0.3 is 20.1 Å². The highest BCUT2D eigenvalue weighted by Gasteiger charge is 2.40. The molecule has 102 valence electrons. The molecule has 1 amide bonds. The van der Waals surface area contributed by atoms with Crippen LogP contribution in [0, 0.1) is 0 Å². The van der Waals surface area contributed by atoms with Crippen molar-refractivity contribution < 1.29 is 14.3 Å². The lowest BCUT2D eigenvalue weighted by Gasteiger charge is -2.37. The summed E-state index contributed by atoms with van der Waals surface area (Å²) in [4.78, 5) is 18.1. The van der Waals surface area contributed by atoms with Crippen molar-refractivity contribution in [2.24, 2.45) is 0 Å². The van der Waals surface area contributed by atoms with E-state index in [1.54, 1.807) is 17.0 Å². The highest BCUT2D eigenvalue weighted by atomic mass is 16.7. The first-order valence-electron chi connectivity index (χ1n) is 6.47. The number of nitrogens with zero attached hydrogens (tertiary/aromatic N) is 2. The molecule has 0 radical (unpaired) electrons. The standard InChI is InChI=1S/C13H17N3O3/c14-10-1-2-11(15-9-10)12(17)16-5-3-13(4-6-16)18-7-8-19-13/h1-2,9H,3-8,14H2. The van der Waals surface area contributed by atoms with Crippen LogP contribution in [-0.4, -0.2) is 47.9 Å². The predicted octanol–water partition coefficient (Wildman–Crippen LogP) is 0.643. The van der Waals surface area contributed by atoms with E-state index in [0.717, 1.165) is 0 Å². The fraction of sp³-hybridized carbons (Fsp3) is 0.538. The van der Waals surface area contributed by atoms with E-state index in [9.17, 15) is 4.79 Å². The molecule has 3 heterocycles. The average Bonchev–Trinajstić information content (AvgIpc) is 2.88. The highest BCUT2D eigenvalue weighted by molar-refractivity contribution is 5.92. The van der Waals surface area contributed by atoms with Gasteiger partial charge in [0.1, 0.15) is 5.69 Å². The van der Waals surface area contributed by atoms with E-state index in [1.165, 1.54) is 6.20 Å². The Labute approximate surface area is 111 Å². The normalized spacial score (nSPS) is 21.8. The molecule has 0 aliphatic carbocycles. The molecule has 6 nitrogen and oxygen atoms in total. The van der Waals surface area contributed by atoms with Crippen LogP contribution < -0.4 is 5.73 Å². The second kappa shape index (κ2) is 4.79. The molecule has 0 bridgehead atoms. The lowest BCUT2D eigenvalue weighted by atomic mass is 10.0. The number of hydrogen-bond acceptors (Lipinski definition) is 5. The summed E-state index contributed by atoms with van der Waals surface area (Å²) in [6.45, 7) is 2.55. The molecular formula is C13H17N3O3. The van der Waals surface area contributed by atoms with Gasteiger partial charge in [-0.1, -0.05) is 0 Å². The van der Waals surface area contributed by atoms with Gasteiger partial charge in [0.2, 0.25) is 0 Å². The zero-order valence-corrected chi connectivity index (χ0v) is 10.7.